The van der Waals surface area contributed by atoms with Crippen LogP contribution >= 0.6 is 0 Å². The Morgan fingerprint density at radius 2 is 1.96 bits per heavy atom. The van der Waals surface area contributed by atoms with Gasteiger partial charge < -0.3 is 0 Å². The molecule has 1 heterocycles. The van der Waals surface area contributed by atoms with Crippen LogP contribution in [-0.4, -0.2) is 49.4 Å². The lowest BCUT2D eigenvalue weighted by Gasteiger charge is -2.21. The first-order chi connectivity index (χ1) is 10.8. The van der Waals surface area contributed by atoms with E-state index in [9.17, 15) is 18.0 Å². The Kier molecular flexibility index (Phi) is 5.12. The van der Waals surface area contributed by atoms with E-state index in [1.54, 1.807) is 24.3 Å². The minimum absolute atomic E-state index is 0.0174. The Balaban J connectivity index is 2.04. The quantitative estimate of drug-likeness (QED) is 0.822. The molecule has 0 unspecified atom stereocenters. The molecule has 2 amide bonds. The average molecular weight is 338 g/mol. The van der Waals surface area contributed by atoms with Crippen LogP contribution in [0.2, 0.25) is 0 Å². The molecule has 0 saturated carbocycles. The molecule has 23 heavy (non-hydrogen) atoms. The van der Waals surface area contributed by atoms with E-state index < -0.39 is 16.1 Å². The summed E-state index contributed by atoms with van der Waals surface area (Å²) in [5, 5.41) is 4.84. The summed E-state index contributed by atoms with van der Waals surface area (Å²) in [6.07, 6.45) is 0.246. The maximum absolute atomic E-state index is 12.2. The zero-order valence-corrected chi connectivity index (χ0v) is 13.7. The minimum Gasteiger partial charge on any atom is -0.273 e. The number of hydrazone groups is 1. The molecule has 0 saturated heterocycles. The van der Waals surface area contributed by atoms with E-state index in [1.165, 1.54) is 14.1 Å². The second-order valence-corrected chi connectivity index (χ2v) is 6.92. The standard InChI is InChI=1S/C14H18N4O4S/c1-17(10-11-6-4-3-5-7-11)23(21,22)16-14(20)12-8-9-13(19)18(2)15-12/h3-7H,8-10H2,1-2H3,(H,16,20). The molecule has 124 valence electrons. The number of hydrogen-bond acceptors (Lipinski definition) is 5. The second-order valence-electron chi connectivity index (χ2n) is 5.14. The molecule has 0 spiro atoms. The normalized spacial score (nSPS) is 15.5. The predicted molar refractivity (Wildman–Crippen MR) is 84.4 cm³/mol. The van der Waals surface area contributed by atoms with Crippen molar-refractivity contribution >= 4 is 27.7 Å². The summed E-state index contributed by atoms with van der Waals surface area (Å²) in [5.74, 6) is -1.03. The van der Waals surface area contributed by atoms with Gasteiger partial charge >= 0.3 is 10.2 Å². The Morgan fingerprint density at radius 3 is 2.57 bits per heavy atom. The summed E-state index contributed by atoms with van der Waals surface area (Å²) in [6.45, 7) is 0.133. The lowest BCUT2D eigenvalue weighted by Crippen LogP contribution is -2.45. The van der Waals surface area contributed by atoms with Gasteiger partial charge in [-0.1, -0.05) is 30.3 Å². The molecule has 1 N–H and O–H groups in total. The maximum Gasteiger partial charge on any atom is 0.304 e. The zero-order chi connectivity index (χ0) is 17.0. The summed E-state index contributed by atoms with van der Waals surface area (Å²) in [4.78, 5) is 23.4. The van der Waals surface area contributed by atoms with Crippen LogP contribution in [0.3, 0.4) is 0 Å². The van der Waals surface area contributed by atoms with E-state index in [0.717, 1.165) is 14.9 Å². The molecule has 0 radical (unpaired) electrons. The van der Waals surface area contributed by atoms with Crippen molar-refractivity contribution in [2.45, 2.75) is 19.4 Å². The predicted octanol–water partition coefficient (Wildman–Crippen LogP) is 0.0876. The molecule has 8 nitrogen and oxygen atoms in total. The van der Waals surface area contributed by atoms with E-state index in [1.807, 2.05) is 10.8 Å². The van der Waals surface area contributed by atoms with Crippen molar-refractivity contribution in [2.24, 2.45) is 5.10 Å². The number of nitrogens with zero attached hydrogens (tertiary/aromatic N) is 3. The SMILES string of the molecule is CN1N=C(C(=O)NS(=O)(=O)N(C)Cc2ccccc2)CCC1=O. The third-order valence-electron chi connectivity index (χ3n) is 3.35. The highest BCUT2D eigenvalue weighted by Gasteiger charge is 2.27. The molecule has 0 fully saturated rings. The van der Waals surface area contributed by atoms with Gasteiger partial charge in [-0.25, -0.2) is 9.73 Å². The van der Waals surface area contributed by atoms with Gasteiger partial charge in [0.2, 0.25) is 5.91 Å². The van der Waals surface area contributed by atoms with Crippen LogP contribution in [0.5, 0.6) is 0 Å². The van der Waals surface area contributed by atoms with Crippen LogP contribution in [-0.2, 0) is 26.3 Å². The van der Waals surface area contributed by atoms with Crippen molar-refractivity contribution in [1.82, 2.24) is 14.0 Å². The average Bonchev–Trinajstić information content (AvgIpc) is 2.50. The first-order valence-electron chi connectivity index (χ1n) is 6.96. The summed E-state index contributed by atoms with van der Waals surface area (Å²) in [7, 11) is -1.19. The lowest BCUT2D eigenvalue weighted by molar-refractivity contribution is -0.130. The summed E-state index contributed by atoms with van der Waals surface area (Å²) in [5.41, 5.74) is 0.817. The highest BCUT2D eigenvalue weighted by atomic mass is 32.2. The fourth-order valence-electron chi connectivity index (χ4n) is 2.01. The molecule has 2 rings (SSSR count). The molecule has 0 bridgehead atoms. The summed E-state index contributed by atoms with van der Waals surface area (Å²) >= 11 is 0. The number of hydrogen-bond donors (Lipinski definition) is 1. The van der Waals surface area contributed by atoms with Gasteiger partial charge in [-0.2, -0.15) is 17.8 Å². The number of rotatable bonds is 5. The van der Waals surface area contributed by atoms with Crippen LogP contribution in [0, 0.1) is 0 Å². The molecule has 1 aliphatic rings. The largest absolute Gasteiger partial charge is 0.304 e. The van der Waals surface area contributed by atoms with Crippen LogP contribution in [0.15, 0.2) is 35.4 Å². The van der Waals surface area contributed by atoms with Crippen molar-refractivity contribution in [2.75, 3.05) is 14.1 Å². The van der Waals surface area contributed by atoms with Crippen LogP contribution in [0.1, 0.15) is 18.4 Å². The van der Waals surface area contributed by atoms with Gasteiger partial charge in [0, 0.05) is 33.5 Å². The third kappa shape index (κ3) is 4.36. The smallest absolute Gasteiger partial charge is 0.273 e. The van der Waals surface area contributed by atoms with Gasteiger partial charge in [-0.15, -0.1) is 0 Å². The zero-order valence-electron chi connectivity index (χ0n) is 12.9. The summed E-state index contributed by atoms with van der Waals surface area (Å²) in [6, 6.07) is 9.02. The van der Waals surface area contributed by atoms with E-state index in [4.69, 9.17) is 0 Å². The van der Waals surface area contributed by atoms with Crippen molar-refractivity contribution in [3.05, 3.63) is 35.9 Å². The Hall–Kier alpha value is -2.26. The van der Waals surface area contributed by atoms with Gasteiger partial charge in [0.25, 0.3) is 5.91 Å². The molecule has 1 aliphatic heterocycles. The van der Waals surface area contributed by atoms with Crippen molar-refractivity contribution in [3.63, 3.8) is 0 Å². The Morgan fingerprint density at radius 1 is 1.30 bits per heavy atom. The highest BCUT2D eigenvalue weighted by Crippen LogP contribution is 2.09. The van der Waals surface area contributed by atoms with E-state index in [2.05, 4.69) is 5.10 Å². The molecular weight excluding hydrogens is 320 g/mol. The number of carbonyl (C=O) groups excluding carboxylic acids is 2. The number of amides is 2. The number of benzene rings is 1. The van der Waals surface area contributed by atoms with Gasteiger partial charge in [-0.3, -0.25) is 9.59 Å². The fourth-order valence-corrected chi connectivity index (χ4v) is 2.84. The molecule has 1 aromatic rings. The topological polar surface area (TPSA) is 99.2 Å². The van der Waals surface area contributed by atoms with E-state index >= 15 is 0 Å². The highest BCUT2D eigenvalue weighted by molar-refractivity contribution is 7.87. The fraction of sp³-hybridized carbons (Fsp3) is 0.357. The van der Waals surface area contributed by atoms with E-state index in [-0.39, 0.29) is 31.0 Å². The van der Waals surface area contributed by atoms with E-state index in [0.29, 0.717) is 0 Å². The maximum atomic E-state index is 12.2. The van der Waals surface area contributed by atoms with Crippen molar-refractivity contribution in [3.8, 4) is 0 Å². The van der Waals surface area contributed by atoms with Crippen LogP contribution in [0.25, 0.3) is 0 Å². The number of nitrogens with one attached hydrogen (secondary N) is 1. The monoisotopic (exact) mass is 338 g/mol. The Labute approximate surface area is 134 Å². The molecule has 9 heteroatoms. The van der Waals surface area contributed by atoms with Crippen LogP contribution in [0.4, 0.5) is 0 Å². The van der Waals surface area contributed by atoms with Crippen molar-refractivity contribution in [1.29, 1.82) is 0 Å². The van der Waals surface area contributed by atoms with Gasteiger partial charge in [0.1, 0.15) is 5.71 Å². The van der Waals surface area contributed by atoms with Gasteiger partial charge in [-0.05, 0) is 5.56 Å². The molecule has 0 atom stereocenters. The first kappa shape index (κ1) is 17.1. The number of carbonyl (C=O) groups is 2. The second kappa shape index (κ2) is 6.88. The third-order valence-corrected chi connectivity index (χ3v) is 4.74. The van der Waals surface area contributed by atoms with Gasteiger partial charge in [0.05, 0.1) is 0 Å². The lowest BCUT2D eigenvalue weighted by atomic mass is 10.1. The van der Waals surface area contributed by atoms with Gasteiger partial charge in [0.15, 0.2) is 0 Å². The van der Waals surface area contributed by atoms with Crippen molar-refractivity contribution < 1.29 is 18.0 Å². The summed E-state index contributed by atoms with van der Waals surface area (Å²) < 4.78 is 27.4. The molecule has 1 aromatic carbocycles. The molecule has 0 aliphatic carbocycles. The minimum atomic E-state index is -3.99. The first-order valence-corrected chi connectivity index (χ1v) is 8.40. The molecule has 0 aromatic heterocycles. The van der Waals surface area contributed by atoms with Crippen LogP contribution < -0.4 is 4.72 Å². The molecular formula is C14H18N4O4S. The Bertz CT molecular complexity index is 730.